The second-order valence-corrected chi connectivity index (χ2v) is 5.68. The number of benzene rings is 1. The summed E-state index contributed by atoms with van der Waals surface area (Å²) in [6.45, 7) is 3.18. The molecule has 1 amide bonds. The lowest BCUT2D eigenvalue weighted by atomic mass is 10.0. The molecule has 0 N–H and O–H groups in total. The second kappa shape index (κ2) is 6.36. The Balaban J connectivity index is 1.81. The number of hydrogen-bond donors (Lipinski definition) is 0. The fourth-order valence-corrected chi connectivity index (χ4v) is 2.96. The smallest absolute Gasteiger partial charge is 0.289 e. The van der Waals surface area contributed by atoms with Gasteiger partial charge in [-0.1, -0.05) is 0 Å². The van der Waals surface area contributed by atoms with Crippen LogP contribution in [0.5, 0.6) is 11.5 Å². The van der Waals surface area contributed by atoms with Gasteiger partial charge in [0, 0.05) is 13.1 Å². The molecular weight excluding hydrogens is 294 g/mol. The predicted octanol–water partition coefficient (Wildman–Crippen LogP) is 2.85. The van der Waals surface area contributed by atoms with Gasteiger partial charge >= 0.3 is 0 Å². The number of ether oxygens (including phenoxy) is 2. The maximum atomic E-state index is 12.5. The lowest BCUT2D eigenvalue weighted by Gasteiger charge is -2.18. The Kier molecular flexibility index (Phi) is 4.28. The van der Waals surface area contributed by atoms with Crippen LogP contribution in [-0.4, -0.2) is 38.1 Å². The van der Waals surface area contributed by atoms with Gasteiger partial charge in [0.05, 0.1) is 14.2 Å². The Bertz CT molecular complexity index is 685. The first-order valence-electron chi connectivity index (χ1n) is 7.72. The molecule has 5 heteroatoms. The van der Waals surface area contributed by atoms with Gasteiger partial charge < -0.3 is 18.8 Å². The van der Waals surface area contributed by atoms with Crippen LogP contribution >= 0.6 is 0 Å². The number of fused-ring (bicyclic) bond motifs is 1. The summed E-state index contributed by atoms with van der Waals surface area (Å²) in [6.07, 6.45) is 1.59. The average Bonchev–Trinajstić information content (AvgIpc) is 2.89. The Hall–Kier alpha value is -2.43. The number of carbonyl (C=O) groups excluding carboxylic acids is 1. The van der Waals surface area contributed by atoms with Gasteiger partial charge in [-0.15, -0.1) is 0 Å². The van der Waals surface area contributed by atoms with E-state index < -0.39 is 0 Å². The lowest BCUT2D eigenvalue weighted by Crippen LogP contribution is -2.33. The summed E-state index contributed by atoms with van der Waals surface area (Å²) in [5, 5.41) is 0. The molecule has 122 valence electrons. The quantitative estimate of drug-likeness (QED) is 0.874. The molecule has 5 nitrogen and oxygen atoms in total. The van der Waals surface area contributed by atoms with Gasteiger partial charge in [0.25, 0.3) is 5.91 Å². The van der Waals surface area contributed by atoms with Crippen molar-refractivity contribution in [3.63, 3.8) is 0 Å². The third-order valence-electron chi connectivity index (χ3n) is 4.25. The minimum Gasteiger partial charge on any atom is -0.493 e. The number of hydrogen-bond acceptors (Lipinski definition) is 4. The predicted molar refractivity (Wildman–Crippen MR) is 86.3 cm³/mol. The molecule has 1 aliphatic heterocycles. The monoisotopic (exact) mass is 315 g/mol. The maximum absolute atomic E-state index is 12.5. The molecule has 1 aromatic carbocycles. The van der Waals surface area contributed by atoms with E-state index in [1.165, 1.54) is 11.1 Å². The van der Waals surface area contributed by atoms with Crippen molar-refractivity contribution in [2.75, 3.05) is 27.3 Å². The van der Waals surface area contributed by atoms with E-state index in [9.17, 15) is 4.79 Å². The molecule has 0 fully saturated rings. The Morgan fingerprint density at radius 1 is 1.04 bits per heavy atom. The minimum absolute atomic E-state index is 0.0511. The summed E-state index contributed by atoms with van der Waals surface area (Å²) in [5.74, 6) is 2.56. The van der Waals surface area contributed by atoms with Crippen LogP contribution in [0, 0.1) is 6.92 Å². The van der Waals surface area contributed by atoms with Crippen LogP contribution in [0.2, 0.25) is 0 Å². The van der Waals surface area contributed by atoms with E-state index in [1.54, 1.807) is 20.3 Å². The van der Waals surface area contributed by atoms with Gasteiger partial charge in [0.1, 0.15) is 5.76 Å². The van der Waals surface area contributed by atoms with Gasteiger partial charge in [-0.3, -0.25) is 4.79 Å². The van der Waals surface area contributed by atoms with Crippen molar-refractivity contribution in [2.24, 2.45) is 0 Å². The van der Waals surface area contributed by atoms with Crippen LogP contribution in [-0.2, 0) is 12.8 Å². The zero-order chi connectivity index (χ0) is 16.4. The van der Waals surface area contributed by atoms with Crippen LogP contribution in [0.25, 0.3) is 0 Å². The lowest BCUT2D eigenvalue weighted by molar-refractivity contribution is 0.0729. The van der Waals surface area contributed by atoms with Gasteiger partial charge in [-0.05, 0) is 55.2 Å². The molecule has 0 saturated carbocycles. The molecular formula is C18H21NO4. The van der Waals surface area contributed by atoms with Crippen molar-refractivity contribution in [3.8, 4) is 11.5 Å². The Labute approximate surface area is 135 Å². The maximum Gasteiger partial charge on any atom is 0.289 e. The second-order valence-electron chi connectivity index (χ2n) is 5.68. The molecule has 0 bridgehead atoms. The number of carbonyl (C=O) groups is 1. The molecule has 0 atom stereocenters. The fraction of sp³-hybridized carbons (Fsp3) is 0.389. The van der Waals surface area contributed by atoms with Crippen molar-refractivity contribution in [1.29, 1.82) is 0 Å². The van der Waals surface area contributed by atoms with E-state index in [2.05, 4.69) is 0 Å². The molecule has 0 saturated heterocycles. The van der Waals surface area contributed by atoms with Crippen molar-refractivity contribution in [1.82, 2.24) is 4.90 Å². The van der Waals surface area contributed by atoms with Gasteiger partial charge in [0.15, 0.2) is 17.3 Å². The van der Waals surface area contributed by atoms with Crippen molar-refractivity contribution in [3.05, 3.63) is 46.9 Å². The van der Waals surface area contributed by atoms with Crippen LogP contribution in [0.4, 0.5) is 0 Å². The van der Waals surface area contributed by atoms with E-state index in [4.69, 9.17) is 13.9 Å². The first-order valence-corrected chi connectivity index (χ1v) is 7.72. The van der Waals surface area contributed by atoms with Crippen molar-refractivity contribution < 1.29 is 18.7 Å². The summed E-state index contributed by atoms with van der Waals surface area (Å²) in [5.41, 5.74) is 2.40. The van der Waals surface area contributed by atoms with Crippen LogP contribution < -0.4 is 9.47 Å². The van der Waals surface area contributed by atoms with Crippen LogP contribution in [0.3, 0.4) is 0 Å². The highest BCUT2D eigenvalue weighted by Crippen LogP contribution is 2.32. The van der Waals surface area contributed by atoms with Crippen molar-refractivity contribution in [2.45, 2.75) is 19.8 Å². The molecule has 0 radical (unpaired) electrons. The summed E-state index contributed by atoms with van der Waals surface area (Å²) in [6, 6.07) is 7.58. The van der Waals surface area contributed by atoms with Gasteiger partial charge in [-0.25, -0.2) is 0 Å². The Morgan fingerprint density at radius 3 is 2.04 bits per heavy atom. The summed E-state index contributed by atoms with van der Waals surface area (Å²) >= 11 is 0. The van der Waals surface area contributed by atoms with Gasteiger partial charge in [-0.2, -0.15) is 0 Å². The zero-order valence-electron chi connectivity index (χ0n) is 13.7. The molecule has 1 aromatic heterocycles. The number of rotatable bonds is 3. The molecule has 0 spiro atoms. The molecule has 0 unspecified atom stereocenters. The number of furan rings is 1. The van der Waals surface area contributed by atoms with Gasteiger partial charge in [0.2, 0.25) is 0 Å². The summed E-state index contributed by atoms with van der Waals surface area (Å²) < 4.78 is 16.2. The third-order valence-corrected chi connectivity index (χ3v) is 4.25. The van der Waals surface area contributed by atoms with E-state index >= 15 is 0 Å². The molecule has 0 aliphatic carbocycles. The SMILES string of the molecule is COc1cc2c(cc1OC)CCN(C(=O)c1ccc(C)o1)CC2. The van der Waals surface area contributed by atoms with E-state index in [-0.39, 0.29) is 5.91 Å². The van der Waals surface area contributed by atoms with E-state index in [1.807, 2.05) is 30.0 Å². The summed E-state index contributed by atoms with van der Waals surface area (Å²) in [4.78, 5) is 14.4. The zero-order valence-corrected chi connectivity index (χ0v) is 13.7. The normalized spacial score (nSPS) is 14.1. The summed E-state index contributed by atoms with van der Waals surface area (Å²) in [7, 11) is 3.27. The molecule has 2 aromatic rings. The highest BCUT2D eigenvalue weighted by atomic mass is 16.5. The van der Waals surface area contributed by atoms with E-state index in [0.717, 1.165) is 30.1 Å². The Morgan fingerprint density at radius 2 is 1.61 bits per heavy atom. The van der Waals surface area contributed by atoms with Crippen LogP contribution in [0.15, 0.2) is 28.7 Å². The third kappa shape index (κ3) is 3.04. The minimum atomic E-state index is -0.0511. The van der Waals surface area contributed by atoms with Crippen molar-refractivity contribution >= 4 is 5.91 Å². The standard InChI is InChI=1S/C18H21NO4/c1-12-4-5-15(23-12)18(20)19-8-6-13-10-16(21-2)17(22-3)11-14(13)7-9-19/h4-5,10-11H,6-9H2,1-3H3. The molecule has 3 rings (SSSR count). The molecule has 2 heterocycles. The molecule has 23 heavy (non-hydrogen) atoms. The van der Waals surface area contributed by atoms with E-state index in [0.29, 0.717) is 18.8 Å². The largest absolute Gasteiger partial charge is 0.493 e. The highest BCUT2D eigenvalue weighted by molar-refractivity contribution is 5.91. The average molecular weight is 315 g/mol. The highest BCUT2D eigenvalue weighted by Gasteiger charge is 2.23. The first kappa shape index (κ1) is 15.5. The number of methoxy groups -OCH3 is 2. The number of aryl methyl sites for hydroxylation is 1. The number of amides is 1. The first-order chi connectivity index (χ1) is 11.1. The fourth-order valence-electron chi connectivity index (χ4n) is 2.96. The van der Waals surface area contributed by atoms with Crippen LogP contribution in [0.1, 0.15) is 27.4 Å². The molecule has 1 aliphatic rings. The topological polar surface area (TPSA) is 51.9 Å². The number of nitrogens with zero attached hydrogens (tertiary/aromatic N) is 1.